The largest absolute Gasteiger partial charge is 0.420 e. The molecule has 0 aromatic heterocycles. The minimum absolute atomic E-state index is 0.468. The van der Waals surface area contributed by atoms with E-state index in [1.54, 1.807) is 12.1 Å². The Bertz CT molecular complexity index is 617. The van der Waals surface area contributed by atoms with Crippen molar-refractivity contribution in [3.63, 3.8) is 0 Å². The summed E-state index contributed by atoms with van der Waals surface area (Å²) in [4.78, 5) is 23.6. The maximum atomic E-state index is 12.0. The minimum atomic E-state index is -0.789. The van der Waals surface area contributed by atoms with Crippen LogP contribution < -0.4 is 4.74 Å². The summed E-state index contributed by atoms with van der Waals surface area (Å²) >= 11 is 0. The van der Waals surface area contributed by atoms with E-state index in [0.29, 0.717) is 5.75 Å². The summed E-state index contributed by atoms with van der Waals surface area (Å²) in [5.41, 5.74) is 1.56. The number of hydrogen-bond donors (Lipinski definition) is 0. The monoisotopic (exact) mass is 238 g/mol. The Morgan fingerprint density at radius 2 is 1.50 bits per heavy atom. The van der Waals surface area contributed by atoms with Crippen molar-refractivity contribution in [3.05, 3.63) is 65.7 Å². The summed E-state index contributed by atoms with van der Waals surface area (Å²) in [7, 11) is 0. The highest BCUT2D eigenvalue weighted by Crippen LogP contribution is 2.36. The van der Waals surface area contributed by atoms with Crippen molar-refractivity contribution in [1.29, 1.82) is 0 Å². The van der Waals surface area contributed by atoms with E-state index in [9.17, 15) is 9.59 Å². The van der Waals surface area contributed by atoms with Crippen LogP contribution in [0.4, 0.5) is 0 Å². The summed E-state index contributed by atoms with van der Waals surface area (Å²) in [6.07, 6.45) is 0. The maximum absolute atomic E-state index is 12.0. The van der Waals surface area contributed by atoms with Crippen LogP contribution in [0.3, 0.4) is 0 Å². The SMILES string of the molecule is O=C1Oc2ccccc2C(c2ccccc2)C1=O. The first-order valence-corrected chi connectivity index (χ1v) is 5.67. The first-order valence-electron chi connectivity index (χ1n) is 5.67. The maximum Gasteiger partial charge on any atom is 0.381 e. The topological polar surface area (TPSA) is 43.4 Å². The third-order valence-corrected chi connectivity index (χ3v) is 3.03. The molecule has 0 aliphatic carbocycles. The predicted octanol–water partition coefficient (Wildman–Crippen LogP) is 2.31. The second-order valence-electron chi connectivity index (χ2n) is 4.14. The Hall–Kier alpha value is -2.42. The minimum Gasteiger partial charge on any atom is -0.420 e. The van der Waals surface area contributed by atoms with Crippen molar-refractivity contribution in [1.82, 2.24) is 0 Å². The van der Waals surface area contributed by atoms with Crippen LogP contribution in [0.2, 0.25) is 0 Å². The molecule has 1 unspecified atom stereocenters. The van der Waals surface area contributed by atoms with Crippen molar-refractivity contribution < 1.29 is 14.3 Å². The molecule has 1 atom stereocenters. The average molecular weight is 238 g/mol. The quantitative estimate of drug-likeness (QED) is 0.435. The molecule has 0 saturated heterocycles. The van der Waals surface area contributed by atoms with Crippen LogP contribution in [0.15, 0.2) is 54.6 Å². The number of carbonyl (C=O) groups is 2. The molecule has 0 amide bonds. The van der Waals surface area contributed by atoms with Gasteiger partial charge in [-0.3, -0.25) is 4.79 Å². The summed E-state index contributed by atoms with van der Waals surface area (Å²) < 4.78 is 5.01. The van der Waals surface area contributed by atoms with Gasteiger partial charge in [0.2, 0.25) is 0 Å². The molecule has 0 bridgehead atoms. The number of ketones is 1. The molecule has 3 rings (SSSR count). The third-order valence-electron chi connectivity index (χ3n) is 3.03. The Balaban J connectivity index is 2.18. The van der Waals surface area contributed by atoms with Crippen molar-refractivity contribution in [2.45, 2.75) is 5.92 Å². The molecule has 18 heavy (non-hydrogen) atoms. The van der Waals surface area contributed by atoms with Gasteiger partial charge in [0.05, 0.1) is 5.92 Å². The van der Waals surface area contributed by atoms with Gasteiger partial charge < -0.3 is 4.74 Å². The molecule has 1 aliphatic heterocycles. The fourth-order valence-corrected chi connectivity index (χ4v) is 2.20. The Morgan fingerprint density at radius 3 is 2.28 bits per heavy atom. The summed E-state index contributed by atoms with van der Waals surface area (Å²) in [5.74, 6) is -1.39. The van der Waals surface area contributed by atoms with Gasteiger partial charge in [-0.25, -0.2) is 4.79 Å². The molecular weight excluding hydrogens is 228 g/mol. The molecule has 2 aromatic rings. The highest BCUT2D eigenvalue weighted by Gasteiger charge is 2.36. The molecule has 88 valence electrons. The molecule has 3 heteroatoms. The lowest BCUT2D eigenvalue weighted by Crippen LogP contribution is -2.32. The van der Waals surface area contributed by atoms with E-state index in [2.05, 4.69) is 0 Å². The Morgan fingerprint density at radius 1 is 0.833 bits per heavy atom. The summed E-state index contributed by atoms with van der Waals surface area (Å²) in [6.45, 7) is 0. The average Bonchev–Trinajstić information content (AvgIpc) is 2.41. The highest BCUT2D eigenvalue weighted by atomic mass is 16.5. The molecule has 0 N–H and O–H groups in total. The van der Waals surface area contributed by atoms with E-state index in [4.69, 9.17) is 4.74 Å². The van der Waals surface area contributed by atoms with E-state index in [1.807, 2.05) is 42.5 Å². The number of carbonyl (C=O) groups excluding carboxylic acids is 2. The van der Waals surface area contributed by atoms with Crippen LogP contribution in [0, 0.1) is 0 Å². The van der Waals surface area contributed by atoms with Crippen LogP contribution in [-0.4, -0.2) is 11.8 Å². The Kier molecular flexibility index (Phi) is 2.45. The first kappa shape index (κ1) is 10.7. The molecule has 3 nitrogen and oxygen atoms in total. The van der Waals surface area contributed by atoms with E-state index in [-0.39, 0.29) is 0 Å². The number of rotatable bonds is 1. The lowest BCUT2D eigenvalue weighted by atomic mass is 9.85. The van der Waals surface area contributed by atoms with Gasteiger partial charge in [-0.1, -0.05) is 48.5 Å². The molecule has 0 spiro atoms. The molecule has 2 aromatic carbocycles. The van der Waals surface area contributed by atoms with Crippen molar-refractivity contribution >= 4 is 11.8 Å². The van der Waals surface area contributed by atoms with Crippen molar-refractivity contribution in [2.24, 2.45) is 0 Å². The van der Waals surface area contributed by atoms with Crippen LogP contribution in [-0.2, 0) is 9.59 Å². The summed E-state index contributed by atoms with van der Waals surface area (Å²) in [6, 6.07) is 16.4. The number of benzene rings is 2. The van der Waals surface area contributed by atoms with Gasteiger partial charge in [0, 0.05) is 5.56 Å². The lowest BCUT2D eigenvalue weighted by molar-refractivity contribution is -0.148. The van der Waals surface area contributed by atoms with Crippen LogP contribution in [0.5, 0.6) is 5.75 Å². The highest BCUT2D eigenvalue weighted by molar-refractivity contribution is 6.38. The van der Waals surface area contributed by atoms with Gasteiger partial charge in [-0.15, -0.1) is 0 Å². The van der Waals surface area contributed by atoms with Gasteiger partial charge in [-0.05, 0) is 11.6 Å². The van der Waals surface area contributed by atoms with Crippen molar-refractivity contribution in [2.75, 3.05) is 0 Å². The van der Waals surface area contributed by atoms with Gasteiger partial charge in [0.1, 0.15) is 5.75 Å². The molecular formula is C15H10O3. The van der Waals surface area contributed by atoms with Crippen LogP contribution in [0.25, 0.3) is 0 Å². The van der Waals surface area contributed by atoms with Gasteiger partial charge in [-0.2, -0.15) is 0 Å². The third kappa shape index (κ3) is 1.61. The number of para-hydroxylation sites is 1. The van der Waals surface area contributed by atoms with E-state index in [1.165, 1.54) is 0 Å². The van der Waals surface area contributed by atoms with E-state index in [0.717, 1.165) is 11.1 Å². The van der Waals surface area contributed by atoms with Crippen molar-refractivity contribution in [3.8, 4) is 5.75 Å². The second-order valence-corrected chi connectivity index (χ2v) is 4.14. The predicted molar refractivity (Wildman–Crippen MR) is 65.4 cm³/mol. The van der Waals surface area contributed by atoms with E-state index < -0.39 is 17.7 Å². The number of fused-ring (bicyclic) bond motifs is 1. The fraction of sp³-hybridized carbons (Fsp3) is 0.0667. The molecule has 0 saturated carbocycles. The second kappa shape index (κ2) is 4.11. The van der Waals surface area contributed by atoms with E-state index >= 15 is 0 Å². The first-order chi connectivity index (χ1) is 8.77. The van der Waals surface area contributed by atoms with Gasteiger partial charge in [0.15, 0.2) is 0 Å². The number of ether oxygens (including phenoxy) is 1. The molecule has 0 fully saturated rings. The normalized spacial score (nSPS) is 18.1. The summed E-state index contributed by atoms with van der Waals surface area (Å²) in [5, 5.41) is 0. The standard InChI is InChI=1S/C15H10O3/c16-14-13(10-6-2-1-3-7-10)11-8-4-5-9-12(11)18-15(14)17/h1-9,13H. The number of hydrogen-bond acceptors (Lipinski definition) is 3. The van der Waals surface area contributed by atoms with Crippen LogP contribution >= 0.6 is 0 Å². The lowest BCUT2D eigenvalue weighted by Gasteiger charge is -2.23. The van der Waals surface area contributed by atoms with Gasteiger partial charge in [0.25, 0.3) is 5.78 Å². The smallest absolute Gasteiger partial charge is 0.381 e. The Labute approximate surface area is 104 Å². The molecule has 1 aliphatic rings. The molecule has 0 radical (unpaired) electrons. The van der Waals surface area contributed by atoms with Crippen LogP contribution in [0.1, 0.15) is 17.0 Å². The zero-order chi connectivity index (χ0) is 12.5. The zero-order valence-electron chi connectivity index (χ0n) is 9.50. The van der Waals surface area contributed by atoms with Gasteiger partial charge >= 0.3 is 5.97 Å². The number of Topliss-reactive ketones (excluding diaryl/α,β-unsaturated/α-hetero) is 1. The zero-order valence-corrected chi connectivity index (χ0v) is 9.50. The fourth-order valence-electron chi connectivity index (χ4n) is 2.20. The molecule has 1 heterocycles. The number of esters is 1.